The lowest BCUT2D eigenvalue weighted by Crippen LogP contribution is -2.25. The molecule has 1 aromatic heterocycles. The number of carbonyl (C=O) groups is 1. The van der Waals surface area contributed by atoms with Crippen molar-refractivity contribution in [2.45, 2.75) is 19.3 Å². The molecule has 4 heteroatoms. The average Bonchev–Trinajstić information content (AvgIpc) is 2.28. The number of halogens is 1. The average molecular weight is 237 g/mol. The van der Waals surface area contributed by atoms with Gasteiger partial charge in [-0.25, -0.2) is 0 Å². The minimum atomic E-state index is -0.205. The Morgan fingerprint density at radius 2 is 2.38 bits per heavy atom. The van der Waals surface area contributed by atoms with Crippen LogP contribution in [-0.4, -0.2) is 17.4 Å². The molecule has 1 amide bonds. The van der Waals surface area contributed by atoms with Gasteiger partial charge in [0.05, 0.1) is 0 Å². The van der Waals surface area contributed by atoms with E-state index in [2.05, 4.69) is 16.2 Å². The van der Waals surface area contributed by atoms with Crippen molar-refractivity contribution >= 4 is 17.5 Å². The summed E-state index contributed by atoms with van der Waals surface area (Å²) in [5.74, 6) is 2.35. The first-order valence-corrected chi connectivity index (χ1v) is 5.45. The summed E-state index contributed by atoms with van der Waals surface area (Å²) >= 11 is 5.75. The Morgan fingerprint density at radius 3 is 3.06 bits per heavy atom. The molecule has 1 heterocycles. The van der Waals surface area contributed by atoms with E-state index in [1.165, 1.54) is 6.20 Å². The van der Waals surface area contributed by atoms with Crippen molar-refractivity contribution in [3.05, 3.63) is 29.0 Å². The first-order chi connectivity index (χ1) is 7.74. The number of hydrogen-bond donors (Lipinski definition) is 1. The molecule has 0 aliphatic carbocycles. The van der Waals surface area contributed by atoms with Gasteiger partial charge >= 0.3 is 0 Å². The van der Waals surface area contributed by atoms with Crippen molar-refractivity contribution in [2.24, 2.45) is 0 Å². The van der Waals surface area contributed by atoms with E-state index in [1.54, 1.807) is 12.1 Å². The molecular formula is C12H13ClN2O. The summed E-state index contributed by atoms with van der Waals surface area (Å²) in [5, 5.41) is 3.26. The molecule has 0 aliphatic rings. The van der Waals surface area contributed by atoms with Gasteiger partial charge in [0.2, 0.25) is 0 Å². The number of nitrogens with one attached hydrogen (secondary N) is 1. The van der Waals surface area contributed by atoms with E-state index in [-0.39, 0.29) is 5.91 Å². The molecule has 3 nitrogen and oxygen atoms in total. The molecule has 1 aromatic rings. The van der Waals surface area contributed by atoms with Crippen molar-refractivity contribution in [3.8, 4) is 12.3 Å². The number of unbranched alkanes of at least 4 members (excludes halogenated alkanes) is 2. The minimum Gasteiger partial charge on any atom is -0.351 e. The molecule has 0 aliphatic heterocycles. The first kappa shape index (κ1) is 12.5. The third-order valence-corrected chi connectivity index (χ3v) is 2.22. The molecule has 0 atom stereocenters. The Kier molecular flexibility index (Phi) is 5.38. The molecule has 84 valence electrons. The zero-order valence-corrected chi connectivity index (χ0v) is 9.63. The number of hydrogen-bond acceptors (Lipinski definition) is 2. The van der Waals surface area contributed by atoms with Crippen LogP contribution in [0.4, 0.5) is 0 Å². The second kappa shape index (κ2) is 6.86. The van der Waals surface area contributed by atoms with Crippen LogP contribution < -0.4 is 5.32 Å². The third kappa shape index (κ3) is 4.33. The second-order valence-corrected chi connectivity index (χ2v) is 3.71. The highest BCUT2D eigenvalue weighted by atomic mass is 35.5. The maximum Gasteiger partial charge on any atom is 0.269 e. The summed E-state index contributed by atoms with van der Waals surface area (Å²) in [4.78, 5) is 15.5. The van der Waals surface area contributed by atoms with Gasteiger partial charge in [-0.05, 0) is 25.0 Å². The summed E-state index contributed by atoms with van der Waals surface area (Å²) in [6.45, 7) is 0.606. The third-order valence-electron chi connectivity index (χ3n) is 1.99. The quantitative estimate of drug-likeness (QED) is 0.630. The Morgan fingerprint density at radius 1 is 1.56 bits per heavy atom. The number of carbonyl (C=O) groups excluding carboxylic acids is 1. The number of aromatic nitrogens is 1. The van der Waals surface area contributed by atoms with Crippen LogP contribution >= 0.6 is 11.6 Å². The van der Waals surface area contributed by atoms with Gasteiger partial charge in [0.25, 0.3) is 5.91 Å². The lowest BCUT2D eigenvalue weighted by atomic mass is 10.2. The Balaban J connectivity index is 2.33. The smallest absolute Gasteiger partial charge is 0.269 e. The zero-order valence-electron chi connectivity index (χ0n) is 8.87. The van der Waals surface area contributed by atoms with Crippen LogP contribution in [-0.2, 0) is 0 Å². The van der Waals surface area contributed by atoms with E-state index in [1.807, 2.05) is 0 Å². The SMILES string of the molecule is C#CCCCCNC(=O)c1cc(Cl)ccn1. The maximum absolute atomic E-state index is 11.6. The lowest BCUT2D eigenvalue weighted by Gasteiger charge is -2.03. The molecule has 0 spiro atoms. The van der Waals surface area contributed by atoms with E-state index >= 15 is 0 Å². The van der Waals surface area contributed by atoms with Crippen LogP contribution in [0.5, 0.6) is 0 Å². The van der Waals surface area contributed by atoms with Crippen LogP contribution in [0.1, 0.15) is 29.8 Å². The summed E-state index contributed by atoms with van der Waals surface area (Å²) in [7, 11) is 0. The fourth-order valence-corrected chi connectivity index (χ4v) is 1.33. The molecule has 1 rings (SSSR count). The summed E-state index contributed by atoms with van der Waals surface area (Å²) in [6, 6.07) is 3.17. The normalized spacial score (nSPS) is 9.50. The van der Waals surface area contributed by atoms with Gasteiger partial charge in [-0.3, -0.25) is 9.78 Å². The Labute approximate surface area is 100 Å². The fourth-order valence-electron chi connectivity index (χ4n) is 1.17. The standard InChI is InChI=1S/C12H13ClN2O/c1-2-3-4-5-7-15-12(16)11-9-10(13)6-8-14-11/h1,6,8-9H,3-5,7H2,(H,15,16). The van der Waals surface area contributed by atoms with E-state index in [4.69, 9.17) is 18.0 Å². The zero-order chi connectivity index (χ0) is 11.8. The van der Waals surface area contributed by atoms with Crippen LogP contribution in [0.15, 0.2) is 18.3 Å². The summed E-state index contributed by atoms with van der Waals surface area (Å²) in [5.41, 5.74) is 0.337. The van der Waals surface area contributed by atoms with Crippen LogP contribution in [0.3, 0.4) is 0 Å². The van der Waals surface area contributed by atoms with Crippen LogP contribution in [0.2, 0.25) is 5.02 Å². The number of rotatable bonds is 5. The van der Waals surface area contributed by atoms with Gasteiger partial charge in [-0.1, -0.05) is 11.6 Å². The maximum atomic E-state index is 11.6. The number of terminal acetylenes is 1. The van der Waals surface area contributed by atoms with Crippen LogP contribution in [0.25, 0.3) is 0 Å². The highest BCUT2D eigenvalue weighted by Crippen LogP contribution is 2.07. The van der Waals surface area contributed by atoms with Gasteiger partial charge in [-0.15, -0.1) is 12.3 Å². The summed E-state index contributed by atoms with van der Waals surface area (Å²) in [6.07, 6.45) is 9.16. The van der Waals surface area contributed by atoms with Crippen molar-refractivity contribution < 1.29 is 4.79 Å². The van der Waals surface area contributed by atoms with Gasteiger partial charge < -0.3 is 5.32 Å². The van der Waals surface area contributed by atoms with Crippen molar-refractivity contribution in [1.82, 2.24) is 10.3 Å². The fraction of sp³-hybridized carbons (Fsp3) is 0.333. The molecule has 0 radical (unpaired) electrons. The van der Waals surface area contributed by atoms with Crippen molar-refractivity contribution in [3.63, 3.8) is 0 Å². The van der Waals surface area contributed by atoms with Crippen molar-refractivity contribution in [2.75, 3.05) is 6.54 Å². The molecule has 0 saturated heterocycles. The highest BCUT2D eigenvalue weighted by Gasteiger charge is 2.05. The van der Waals surface area contributed by atoms with E-state index < -0.39 is 0 Å². The topological polar surface area (TPSA) is 42.0 Å². The molecule has 0 aromatic carbocycles. The van der Waals surface area contributed by atoms with E-state index in [0.717, 1.165) is 19.3 Å². The number of pyridine rings is 1. The number of nitrogens with zero attached hydrogens (tertiary/aromatic N) is 1. The Hall–Kier alpha value is -1.53. The minimum absolute atomic E-state index is 0.205. The molecule has 0 unspecified atom stereocenters. The van der Waals surface area contributed by atoms with E-state index in [0.29, 0.717) is 17.3 Å². The second-order valence-electron chi connectivity index (χ2n) is 3.28. The molecule has 0 saturated carbocycles. The van der Waals surface area contributed by atoms with Gasteiger partial charge in [-0.2, -0.15) is 0 Å². The van der Waals surface area contributed by atoms with Gasteiger partial charge in [0.15, 0.2) is 0 Å². The number of amides is 1. The van der Waals surface area contributed by atoms with Gasteiger partial charge in [0, 0.05) is 24.2 Å². The summed E-state index contributed by atoms with van der Waals surface area (Å²) < 4.78 is 0. The Bertz CT molecular complexity index is 398. The molecule has 16 heavy (non-hydrogen) atoms. The van der Waals surface area contributed by atoms with Crippen LogP contribution in [0, 0.1) is 12.3 Å². The highest BCUT2D eigenvalue weighted by molar-refractivity contribution is 6.30. The predicted molar refractivity (Wildman–Crippen MR) is 64.3 cm³/mol. The molecule has 1 N–H and O–H groups in total. The van der Waals surface area contributed by atoms with Crippen molar-refractivity contribution in [1.29, 1.82) is 0 Å². The predicted octanol–water partition coefficient (Wildman–Crippen LogP) is 2.27. The van der Waals surface area contributed by atoms with Gasteiger partial charge in [0.1, 0.15) is 5.69 Å². The first-order valence-electron chi connectivity index (χ1n) is 5.07. The lowest BCUT2D eigenvalue weighted by molar-refractivity contribution is 0.0948. The van der Waals surface area contributed by atoms with E-state index in [9.17, 15) is 4.79 Å². The largest absolute Gasteiger partial charge is 0.351 e. The molecular weight excluding hydrogens is 224 g/mol. The molecule has 0 bridgehead atoms. The monoisotopic (exact) mass is 236 g/mol. The molecule has 0 fully saturated rings.